The lowest BCUT2D eigenvalue weighted by molar-refractivity contribution is -0.0329. The molecule has 0 aromatic carbocycles. The van der Waals surface area contributed by atoms with Gasteiger partial charge < -0.3 is 15.5 Å². The van der Waals surface area contributed by atoms with Crippen LogP contribution in [0.1, 0.15) is 34.8 Å². The molecule has 0 bridgehead atoms. The van der Waals surface area contributed by atoms with Crippen LogP contribution in [-0.2, 0) is 0 Å². The molecule has 0 saturated heterocycles. The Morgan fingerprint density at radius 1 is 1.41 bits per heavy atom. The summed E-state index contributed by atoms with van der Waals surface area (Å²) in [6.45, 7) is -0.00869. The maximum absolute atomic E-state index is 13.0. The van der Waals surface area contributed by atoms with Crippen molar-refractivity contribution in [3.8, 4) is 11.8 Å². The minimum Gasteiger partial charge on any atom is -0.397 e. The number of anilines is 1. The highest BCUT2D eigenvalue weighted by Crippen LogP contribution is 2.40. The molecule has 1 aliphatic carbocycles. The van der Waals surface area contributed by atoms with Gasteiger partial charge in [0.05, 0.1) is 41.1 Å². The molecule has 1 aliphatic rings. The number of carbonyl (C=O) groups excluding carboxylic acids is 1. The van der Waals surface area contributed by atoms with Crippen LogP contribution < -0.4 is 11.1 Å². The molecule has 1 saturated carbocycles. The lowest BCUT2D eigenvalue weighted by Gasteiger charge is -2.07. The van der Waals surface area contributed by atoms with Crippen LogP contribution in [0, 0.1) is 11.8 Å². The molecule has 10 heteroatoms. The molecule has 0 spiro atoms. The van der Waals surface area contributed by atoms with E-state index in [-0.39, 0.29) is 34.8 Å². The van der Waals surface area contributed by atoms with Gasteiger partial charge in [-0.05, 0) is 31.0 Å². The van der Waals surface area contributed by atoms with Gasteiger partial charge in [0, 0.05) is 24.2 Å². The van der Waals surface area contributed by atoms with Gasteiger partial charge in [-0.2, -0.15) is 18.3 Å². The first-order valence-corrected chi connectivity index (χ1v) is 9.60. The molecule has 3 aromatic heterocycles. The van der Waals surface area contributed by atoms with E-state index in [0.29, 0.717) is 22.8 Å². The number of amides is 1. The van der Waals surface area contributed by atoms with Gasteiger partial charge in [0.2, 0.25) is 0 Å². The molecule has 1 fully saturated rings. The molecule has 3 N–H and O–H groups in total. The number of halogens is 3. The van der Waals surface area contributed by atoms with E-state index in [4.69, 9.17) is 5.73 Å². The van der Waals surface area contributed by atoms with Crippen molar-refractivity contribution in [1.82, 2.24) is 19.5 Å². The number of hydrogen-bond acceptors (Lipinski definition) is 4. The molecule has 0 aliphatic heterocycles. The number of rotatable bonds is 4. The van der Waals surface area contributed by atoms with Gasteiger partial charge in [-0.15, -0.1) is 0 Å². The van der Waals surface area contributed by atoms with Crippen molar-refractivity contribution in [2.75, 3.05) is 12.3 Å². The highest BCUT2D eigenvalue weighted by atomic mass is 32.2. The monoisotopic (exact) mass is 419 g/mol. The summed E-state index contributed by atoms with van der Waals surface area (Å²) in [6.07, 6.45) is 6.79. The zero-order valence-electron chi connectivity index (χ0n) is 15.0. The normalized spacial score (nSPS) is 13.9. The number of fused-ring (bicyclic) bond motifs is 1. The van der Waals surface area contributed by atoms with Crippen LogP contribution in [0.2, 0.25) is 0 Å². The highest BCUT2D eigenvalue weighted by Gasteiger charge is 2.32. The summed E-state index contributed by atoms with van der Waals surface area (Å²) in [5.41, 5.74) is 2.81. The summed E-state index contributed by atoms with van der Waals surface area (Å²) in [5.74, 6) is 5.09. The Balaban J connectivity index is 1.50. The second-order valence-corrected chi connectivity index (χ2v) is 7.61. The Morgan fingerprint density at radius 3 is 2.93 bits per heavy atom. The number of carbonyl (C=O) groups is 1. The number of hydrogen-bond donors (Lipinski definition) is 2. The van der Waals surface area contributed by atoms with Crippen LogP contribution in [-0.4, -0.2) is 32.1 Å². The van der Waals surface area contributed by atoms with Crippen LogP contribution in [0.15, 0.2) is 41.8 Å². The van der Waals surface area contributed by atoms with Gasteiger partial charge in [-0.3, -0.25) is 9.48 Å². The van der Waals surface area contributed by atoms with E-state index in [1.54, 1.807) is 23.0 Å². The van der Waals surface area contributed by atoms with Crippen LogP contribution in [0.5, 0.6) is 0 Å². The molecule has 0 atom stereocenters. The Labute approximate surface area is 168 Å². The smallest absolute Gasteiger partial charge is 0.397 e. The first-order valence-electron chi connectivity index (χ1n) is 8.78. The second kappa shape index (κ2) is 7.40. The Morgan fingerprint density at radius 2 is 2.21 bits per heavy atom. The number of nitrogen functional groups attached to an aromatic ring is 1. The van der Waals surface area contributed by atoms with Crippen molar-refractivity contribution < 1.29 is 18.0 Å². The number of nitrogens with two attached hydrogens (primary N) is 1. The summed E-state index contributed by atoms with van der Waals surface area (Å²) in [7, 11) is 0. The number of alkyl halides is 3. The van der Waals surface area contributed by atoms with Crippen LogP contribution in [0.25, 0.3) is 5.52 Å². The summed E-state index contributed by atoms with van der Waals surface area (Å²) >= 11 is -0.249. The number of aromatic nitrogens is 3. The fourth-order valence-electron chi connectivity index (χ4n) is 2.86. The first kappa shape index (κ1) is 19.3. The fraction of sp³-hybridized carbons (Fsp3) is 0.263. The molecule has 1 amide bonds. The zero-order valence-corrected chi connectivity index (χ0v) is 15.8. The van der Waals surface area contributed by atoms with Gasteiger partial charge in [-0.25, -0.2) is 0 Å². The average Bonchev–Trinajstić information content (AvgIpc) is 3.28. The van der Waals surface area contributed by atoms with E-state index in [1.165, 1.54) is 22.9 Å². The van der Waals surface area contributed by atoms with Gasteiger partial charge in [0.25, 0.3) is 5.91 Å². The highest BCUT2D eigenvalue weighted by molar-refractivity contribution is 8.00. The molecule has 3 heterocycles. The van der Waals surface area contributed by atoms with Crippen LogP contribution in [0.3, 0.4) is 0 Å². The van der Waals surface area contributed by atoms with Gasteiger partial charge in [0.15, 0.2) is 0 Å². The number of nitrogens with zero attached hydrogens (tertiary/aromatic N) is 3. The maximum Gasteiger partial charge on any atom is 0.447 e. The fourth-order valence-corrected chi connectivity index (χ4v) is 3.56. The molecule has 4 rings (SSSR count). The molecule has 0 radical (unpaired) electrons. The molecule has 3 aromatic rings. The second-order valence-electron chi connectivity index (χ2n) is 6.55. The lowest BCUT2D eigenvalue weighted by atomic mass is 10.3. The number of pyridine rings is 1. The molecular formula is C19H16F3N5OS. The van der Waals surface area contributed by atoms with E-state index >= 15 is 0 Å². The van der Waals surface area contributed by atoms with E-state index < -0.39 is 5.51 Å². The molecule has 150 valence electrons. The molecular weight excluding hydrogens is 403 g/mol. The Hall–Kier alpha value is -3.06. The predicted octanol–water partition coefficient (Wildman–Crippen LogP) is 3.45. The first-order chi connectivity index (χ1) is 13.8. The van der Waals surface area contributed by atoms with E-state index in [9.17, 15) is 18.0 Å². The zero-order chi connectivity index (χ0) is 20.6. The standard InChI is InChI=1S/C19H16F3N5OS/c20-19(21,22)29-18-12(9-16-15(23)4-2-8-26(16)18)3-1-7-24-17(28)13-10-25-27(11-13)14-5-6-14/h2,4,8-11,14H,5-7,23H2,(H,24,28). The van der Waals surface area contributed by atoms with E-state index in [0.717, 1.165) is 12.8 Å². The SMILES string of the molecule is Nc1cccn2c(SC(F)(F)F)c(C#CCNC(=O)c3cnn(C4CC4)c3)cc12. The predicted molar refractivity (Wildman–Crippen MR) is 103 cm³/mol. The minimum atomic E-state index is -4.47. The third kappa shape index (κ3) is 4.35. The summed E-state index contributed by atoms with van der Waals surface area (Å²) in [6, 6.07) is 5.06. The Bertz CT molecular complexity index is 1130. The minimum absolute atomic E-state index is 0.00869. The van der Waals surface area contributed by atoms with Crippen molar-refractivity contribution in [1.29, 1.82) is 0 Å². The quantitative estimate of drug-likeness (QED) is 0.502. The maximum atomic E-state index is 13.0. The van der Waals surface area contributed by atoms with Gasteiger partial charge >= 0.3 is 5.51 Å². The Kier molecular flexibility index (Phi) is 4.92. The third-order valence-electron chi connectivity index (χ3n) is 4.35. The topological polar surface area (TPSA) is 77.3 Å². The van der Waals surface area contributed by atoms with E-state index in [1.807, 2.05) is 0 Å². The summed E-state index contributed by atoms with van der Waals surface area (Å²) < 4.78 is 42.1. The van der Waals surface area contributed by atoms with Crippen molar-refractivity contribution in [2.45, 2.75) is 29.4 Å². The van der Waals surface area contributed by atoms with Crippen molar-refractivity contribution >= 4 is 28.9 Å². The largest absolute Gasteiger partial charge is 0.447 e. The molecule has 29 heavy (non-hydrogen) atoms. The van der Waals surface area contributed by atoms with Gasteiger partial charge in [0.1, 0.15) is 5.03 Å². The number of thioether (sulfide) groups is 1. The van der Waals surface area contributed by atoms with Crippen LogP contribution in [0.4, 0.5) is 18.9 Å². The van der Waals surface area contributed by atoms with Crippen molar-refractivity contribution in [3.05, 3.63) is 47.9 Å². The van der Waals surface area contributed by atoms with Gasteiger partial charge in [-0.1, -0.05) is 11.8 Å². The lowest BCUT2D eigenvalue weighted by Crippen LogP contribution is -2.23. The van der Waals surface area contributed by atoms with E-state index in [2.05, 4.69) is 22.3 Å². The number of nitrogens with one attached hydrogen (secondary N) is 1. The van der Waals surface area contributed by atoms with Crippen molar-refractivity contribution in [3.63, 3.8) is 0 Å². The molecule has 6 nitrogen and oxygen atoms in total. The van der Waals surface area contributed by atoms with Crippen molar-refractivity contribution in [2.24, 2.45) is 0 Å². The van der Waals surface area contributed by atoms with Crippen LogP contribution >= 0.6 is 11.8 Å². The average molecular weight is 419 g/mol. The summed E-state index contributed by atoms with van der Waals surface area (Å²) in [5, 5.41) is 6.71. The summed E-state index contributed by atoms with van der Waals surface area (Å²) in [4.78, 5) is 12.1. The third-order valence-corrected chi connectivity index (χ3v) is 5.20. The molecule has 0 unspecified atom stereocenters.